The van der Waals surface area contributed by atoms with Crippen LogP contribution < -0.4 is 0 Å². The van der Waals surface area contributed by atoms with Gasteiger partial charge in [0.05, 0.1) is 0 Å². The Hall–Kier alpha value is -0.950. The van der Waals surface area contributed by atoms with E-state index in [1.54, 1.807) is 18.2 Å². The summed E-state index contributed by atoms with van der Waals surface area (Å²) in [4.78, 5) is 0. The number of aliphatic hydroxyl groups excluding tert-OH is 2. The van der Waals surface area contributed by atoms with E-state index in [2.05, 4.69) is 0 Å². The smallest absolute Gasteiger partial charge is 0.274 e. The highest BCUT2D eigenvalue weighted by Gasteiger charge is 2.36. The summed E-state index contributed by atoms with van der Waals surface area (Å²) in [6, 6.07) is 5.10. The molecule has 0 unspecified atom stereocenters. The van der Waals surface area contributed by atoms with Crippen molar-refractivity contribution in [2.45, 2.75) is 31.4 Å². The minimum atomic E-state index is -4.27. The summed E-state index contributed by atoms with van der Waals surface area (Å²) in [5.41, 5.74) is 1.91. The van der Waals surface area contributed by atoms with Crippen molar-refractivity contribution in [1.82, 2.24) is 0 Å². The maximum Gasteiger partial charge on any atom is 0.274 e. The lowest BCUT2D eigenvalue weighted by Gasteiger charge is -2.26. The van der Waals surface area contributed by atoms with Crippen molar-refractivity contribution in [3.05, 3.63) is 34.9 Å². The lowest BCUT2D eigenvalue weighted by Crippen LogP contribution is -2.30. The number of rotatable bonds is 6. The third-order valence-corrected chi connectivity index (χ3v) is 4.82. The number of hydrogen-bond acceptors (Lipinski definition) is 4. The van der Waals surface area contributed by atoms with E-state index in [9.17, 15) is 13.0 Å². The van der Waals surface area contributed by atoms with Crippen molar-refractivity contribution in [1.29, 1.82) is 0 Å². The maximum absolute atomic E-state index is 11.5. The average Bonchev–Trinajstić information content (AvgIpc) is 2.30. The molecule has 0 aromatic heterocycles. The normalized spacial score (nSPS) is 12.7. The Morgan fingerprint density at radius 3 is 2.16 bits per heavy atom. The standard InChI is InChI=1S/C13H20O5S/c1-13(2,19(16,17)18)12-5-3-4-10(6-8-14)11(12)7-9-15/h3-5,14-15H,6-9H2,1-2H3,(H,16,17,18). The van der Waals surface area contributed by atoms with Crippen LogP contribution in [0.3, 0.4) is 0 Å². The van der Waals surface area contributed by atoms with Gasteiger partial charge in [0, 0.05) is 13.2 Å². The van der Waals surface area contributed by atoms with Gasteiger partial charge >= 0.3 is 0 Å². The van der Waals surface area contributed by atoms with Gasteiger partial charge in [-0.15, -0.1) is 0 Å². The molecule has 0 heterocycles. The summed E-state index contributed by atoms with van der Waals surface area (Å²) in [7, 11) is -4.27. The molecule has 0 radical (unpaired) electrons. The van der Waals surface area contributed by atoms with Crippen molar-refractivity contribution >= 4 is 10.1 Å². The lowest BCUT2D eigenvalue weighted by molar-refractivity contribution is 0.292. The number of benzene rings is 1. The first-order chi connectivity index (χ1) is 8.75. The van der Waals surface area contributed by atoms with Crippen LogP contribution in [0.4, 0.5) is 0 Å². The topological polar surface area (TPSA) is 94.8 Å². The van der Waals surface area contributed by atoms with E-state index in [0.717, 1.165) is 5.56 Å². The van der Waals surface area contributed by atoms with E-state index in [1.165, 1.54) is 13.8 Å². The van der Waals surface area contributed by atoms with Crippen LogP contribution in [0.5, 0.6) is 0 Å². The Kier molecular flexibility index (Phi) is 5.09. The molecule has 0 saturated heterocycles. The average molecular weight is 288 g/mol. The minimum Gasteiger partial charge on any atom is -0.396 e. The molecule has 3 N–H and O–H groups in total. The fourth-order valence-electron chi connectivity index (χ4n) is 2.10. The van der Waals surface area contributed by atoms with Gasteiger partial charge in [-0.25, -0.2) is 0 Å². The van der Waals surface area contributed by atoms with Gasteiger partial charge < -0.3 is 10.2 Å². The Morgan fingerprint density at radius 1 is 1.11 bits per heavy atom. The van der Waals surface area contributed by atoms with E-state index in [-0.39, 0.29) is 19.6 Å². The van der Waals surface area contributed by atoms with Gasteiger partial charge in [-0.2, -0.15) is 8.42 Å². The largest absolute Gasteiger partial charge is 0.396 e. The van der Waals surface area contributed by atoms with Gasteiger partial charge in [0.15, 0.2) is 0 Å². The predicted molar refractivity (Wildman–Crippen MR) is 72.6 cm³/mol. The van der Waals surface area contributed by atoms with Gasteiger partial charge in [-0.3, -0.25) is 4.55 Å². The molecule has 0 atom stereocenters. The van der Waals surface area contributed by atoms with Crippen LogP contribution in [0.15, 0.2) is 18.2 Å². The second-order valence-corrected chi connectivity index (χ2v) is 6.85. The van der Waals surface area contributed by atoms with Gasteiger partial charge in [-0.05, 0) is 43.4 Å². The third-order valence-electron chi connectivity index (χ3n) is 3.31. The van der Waals surface area contributed by atoms with Crippen LogP contribution >= 0.6 is 0 Å². The zero-order valence-corrected chi connectivity index (χ0v) is 11.9. The van der Waals surface area contributed by atoms with Crippen LogP contribution in [0.1, 0.15) is 30.5 Å². The van der Waals surface area contributed by atoms with Crippen LogP contribution in [0.2, 0.25) is 0 Å². The van der Waals surface area contributed by atoms with Crippen LogP contribution in [0, 0.1) is 0 Å². The molecule has 0 aliphatic carbocycles. The first-order valence-corrected chi connectivity index (χ1v) is 7.49. The first-order valence-electron chi connectivity index (χ1n) is 6.05. The molecule has 1 rings (SSSR count). The fourth-order valence-corrected chi connectivity index (χ4v) is 2.57. The Balaban J connectivity index is 3.46. The molecule has 0 spiro atoms. The minimum absolute atomic E-state index is 0.0613. The molecule has 0 aliphatic heterocycles. The Morgan fingerprint density at radius 2 is 1.68 bits per heavy atom. The zero-order chi connectivity index (χ0) is 14.7. The van der Waals surface area contributed by atoms with E-state index < -0.39 is 14.9 Å². The van der Waals surface area contributed by atoms with Gasteiger partial charge in [-0.1, -0.05) is 18.2 Å². The molecule has 1 aromatic rings. The molecule has 0 saturated carbocycles. The van der Waals surface area contributed by atoms with Crippen molar-refractivity contribution in [2.24, 2.45) is 0 Å². The van der Waals surface area contributed by atoms with E-state index in [4.69, 9.17) is 10.2 Å². The molecular formula is C13H20O5S. The van der Waals surface area contributed by atoms with Crippen LogP contribution in [-0.2, 0) is 27.7 Å². The van der Waals surface area contributed by atoms with Gasteiger partial charge in [0.25, 0.3) is 10.1 Å². The number of aliphatic hydroxyl groups is 2. The molecule has 5 nitrogen and oxygen atoms in total. The zero-order valence-electron chi connectivity index (χ0n) is 11.1. The summed E-state index contributed by atoms with van der Waals surface area (Å²) >= 11 is 0. The highest BCUT2D eigenvalue weighted by atomic mass is 32.2. The van der Waals surface area contributed by atoms with Crippen LogP contribution in [0.25, 0.3) is 0 Å². The fraction of sp³-hybridized carbons (Fsp3) is 0.538. The maximum atomic E-state index is 11.5. The van der Waals surface area contributed by atoms with Crippen LogP contribution in [-0.4, -0.2) is 36.4 Å². The first kappa shape index (κ1) is 16.1. The molecule has 19 heavy (non-hydrogen) atoms. The SMILES string of the molecule is CC(C)(c1cccc(CCO)c1CCO)S(=O)(=O)O. The third kappa shape index (κ3) is 3.33. The highest BCUT2D eigenvalue weighted by molar-refractivity contribution is 7.86. The molecule has 0 amide bonds. The second-order valence-electron chi connectivity index (χ2n) is 4.88. The molecule has 6 heteroatoms. The van der Waals surface area contributed by atoms with Crippen molar-refractivity contribution in [3.63, 3.8) is 0 Å². The van der Waals surface area contributed by atoms with E-state index >= 15 is 0 Å². The van der Waals surface area contributed by atoms with E-state index in [0.29, 0.717) is 17.5 Å². The Labute approximate surface area is 113 Å². The Bertz CT molecular complexity index is 534. The second kappa shape index (κ2) is 6.00. The molecule has 1 aromatic carbocycles. The van der Waals surface area contributed by atoms with Crippen molar-refractivity contribution in [3.8, 4) is 0 Å². The summed E-state index contributed by atoms with van der Waals surface area (Å²) in [5.74, 6) is 0. The van der Waals surface area contributed by atoms with Gasteiger partial charge in [0.2, 0.25) is 0 Å². The molecule has 0 bridgehead atoms. The quantitative estimate of drug-likeness (QED) is 0.675. The predicted octanol–water partition coefficient (Wildman–Crippen LogP) is 0.879. The summed E-state index contributed by atoms with van der Waals surface area (Å²) < 4.78 is 31.0. The van der Waals surface area contributed by atoms with Crippen molar-refractivity contribution < 1.29 is 23.2 Å². The monoisotopic (exact) mass is 288 g/mol. The highest BCUT2D eigenvalue weighted by Crippen LogP contribution is 2.33. The van der Waals surface area contributed by atoms with Gasteiger partial charge in [0.1, 0.15) is 4.75 Å². The molecule has 0 fully saturated rings. The van der Waals surface area contributed by atoms with Crippen molar-refractivity contribution in [2.75, 3.05) is 13.2 Å². The molecule has 108 valence electrons. The summed E-state index contributed by atoms with van der Waals surface area (Å²) in [5, 5.41) is 18.2. The summed E-state index contributed by atoms with van der Waals surface area (Å²) in [6.45, 7) is 2.65. The summed E-state index contributed by atoms with van der Waals surface area (Å²) in [6.07, 6.45) is 0.662. The molecular weight excluding hydrogens is 268 g/mol. The number of hydrogen-bond donors (Lipinski definition) is 3. The lowest BCUT2D eigenvalue weighted by atomic mass is 9.90. The van der Waals surface area contributed by atoms with E-state index in [1.807, 2.05) is 0 Å². The molecule has 0 aliphatic rings.